The molecule has 5 nitrogen and oxygen atoms in total. The third-order valence-corrected chi connectivity index (χ3v) is 7.05. The first-order chi connectivity index (χ1) is 14.3. The van der Waals surface area contributed by atoms with Gasteiger partial charge in [-0.25, -0.2) is 14.4 Å². The summed E-state index contributed by atoms with van der Waals surface area (Å²) in [5, 5.41) is 4.70. The number of halogens is 1. The van der Waals surface area contributed by atoms with E-state index in [-0.39, 0.29) is 5.82 Å². The zero-order valence-corrected chi connectivity index (χ0v) is 17.3. The molecular weight excluding hydrogens is 387 g/mol. The van der Waals surface area contributed by atoms with E-state index in [1.54, 1.807) is 6.07 Å². The summed E-state index contributed by atoms with van der Waals surface area (Å²) < 4.78 is 19.4. The maximum absolute atomic E-state index is 14.0. The average Bonchev–Trinajstić information content (AvgIpc) is 3.31. The lowest BCUT2D eigenvalue weighted by Crippen LogP contribution is -3.12. The molecule has 29 heavy (non-hydrogen) atoms. The molecule has 0 spiro atoms. The molecule has 5 rings (SSSR count). The van der Waals surface area contributed by atoms with Crippen LogP contribution in [-0.4, -0.2) is 42.8 Å². The number of ether oxygens (including phenoxy) is 1. The summed E-state index contributed by atoms with van der Waals surface area (Å²) in [5.41, 5.74) is 2.16. The Bertz CT molecular complexity index is 1020. The topological polar surface area (TPSA) is 51.5 Å². The molecule has 152 valence electrons. The third-order valence-electron chi connectivity index (χ3n) is 5.86. The Balaban J connectivity index is 1.40. The van der Waals surface area contributed by atoms with E-state index < -0.39 is 0 Å². The van der Waals surface area contributed by atoms with Crippen LogP contribution in [0.4, 0.5) is 10.2 Å². The summed E-state index contributed by atoms with van der Waals surface area (Å²) >= 11 is 1.82. The predicted octanol–water partition coefficient (Wildman–Crippen LogP) is 2.39. The van der Waals surface area contributed by atoms with Gasteiger partial charge in [0.15, 0.2) is 5.82 Å². The third kappa shape index (κ3) is 3.99. The van der Waals surface area contributed by atoms with Gasteiger partial charge in [-0.05, 0) is 42.9 Å². The van der Waals surface area contributed by atoms with Gasteiger partial charge in [0.25, 0.3) is 0 Å². The van der Waals surface area contributed by atoms with Gasteiger partial charge in [0.1, 0.15) is 36.1 Å². The lowest BCUT2D eigenvalue weighted by atomic mass is 10.1. The van der Waals surface area contributed by atoms with Gasteiger partial charge in [0.05, 0.1) is 18.6 Å². The van der Waals surface area contributed by atoms with E-state index in [4.69, 9.17) is 14.7 Å². The molecule has 3 aromatic rings. The number of thiophene rings is 1. The largest absolute Gasteiger partial charge is 0.370 e. The first-order valence-electron chi connectivity index (χ1n) is 10.5. The number of quaternary nitrogens is 1. The highest BCUT2D eigenvalue weighted by Gasteiger charge is 2.24. The maximum atomic E-state index is 14.0. The van der Waals surface area contributed by atoms with Crippen molar-refractivity contribution >= 4 is 27.4 Å². The fraction of sp³-hybridized carbons (Fsp3) is 0.455. The van der Waals surface area contributed by atoms with Crippen LogP contribution in [0.2, 0.25) is 0 Å². The van der Waals surface area contributed by atoms with Crippen molar-refractivity contribution in [1.29, 1.82) is 0 Å². The van der Waals surface area contributed by atoms with Crippen LogP contribution >= 0.6 is 11.3 Å². The summed E-state index contributed by atoms with van der Waals surface area (Å²) in [7, 11) is 0. The van der Waals surface area contributed by atoms with Crippen LogP contribution in [-0.2, 0) is 30.5 Å². The van der Waals surface area contributed by atoms with Gasteiger partial charge in [-0.2, -0.15) is 0 Å². The number of nitrogens with one attached hydrogen (secondary N) is 2. The fourth-order valence-electron chi connectivity index (χ4n) is 4.32. The molecule has 1 aliphatic carbocycles. The molecule has 0 saturated carbocycles. The van der Waals surface area contributed by atoms with Gasteiger partial charge >= 0.3 is 0 Å². The normalized spacial score (nSPS) is 17.0. The minimum absolute atomic E-state index is 0.143. The summed E-state index contributed by atoms with van der Waals surface area (Å²) in [6.07, 6.45) is 4.10. The number of aryl methyl sites for hydroxylation is 2. The maximum Gasteiger partial charge on any atom is 0.187 e. The van der Waals surface area contributed by atoms with E-state index in [2.05, 4.69) is 5.32 Å². The van der Waals surface area contributed by atoms with Crippen LogP contribution in [0.5, 0.6) is 0 Å². The van der Waals surface area contributed by atoms with Crippen molar-refractivity contribution in [2.75, 3.05) is 38.2 Å². The second kappa shape index (κ2) is 8.34. The van der Waals surface area contributed by atoms with Gasteiger partial charge in [-0.1, -0.05) is 18.2 Å². The number of rotatable bonds is 6. The van der Waals surface area contributed by atoms with Gasteiger partial charge in [-0.3, -0.25) is 0 Å². The van der Waals surface area contributed by atoms with Gasteiger partial charge in [0.2, 0.25) is 0 Å². The number of benzene rings is 1. The molecular formula is C22H26FN4OS+. The Morgan fingerprint density at radius 3 is 2.86 bits per heavy atom. The SMILES string of the molecule is Fc1ccccc1CCNc1nc(C[NH+]2CCOCC2)nc2sc3c(c12)CCC3. The van der Waals surface area contributed by atoms with Crippen molar-refractivity contribution < 1.29 is 14.0 Å². The first-order valence-corrected chi connectivity index (χ1v) is 11.3. The quantitative estimate of drug-likeness (QED) is 0.652. The van der Waals surface area contributed by atoms with Crippen LogP contribution in [0.25, 0.3) is 10.2 Å². The molecule has 1 aromatic carbocycles. The number of nitrogens with zero attached hydrogens (tertiary/aromatic N) is 2. The Morgan fingerprint density at radius 2 is 2.00 bits per heavy atom. The van der Waals surface area contributed by atoms with E-state index in [0.717, 1.165) is 67.7 Å². The number of morpholine rings is 1. The van der Waals surface area contributed by atoms with Crippen LogP contribution in [0.1, 0.15) is 28.2 Å². The summed E-state index contributed by atoms with van der Waals surface area (Å²) in [4.78, 5) is 13.9. The second-order valence-corrected chi connectivity index (χ2v) is 8.92. The molecule has 0 atom stereocenters. The zero-order chi connectivity index (χ0) is 19.6. The lowest BCUT2D eigenvalue weighted by molar-refractivity contribution is -0.922. The predicted molar refractivity (Wildman–Crippen MR) is 113 cm³/mol. The van der Waals surface area contributed by atoms with E-state index in [9.17, 15) is 4.39 Å². The smallest absolute Gasteiger partial charge is 0.187 e. The summed E-state index contributed by atoms with van der Waals surface area (Å²) in [5.74, 6) is 1.67. The van der Waals surface area contributed by atoms with Crippen molar-refractivity contribution in [3.8, 4) is 0 Å². The van der Waals surface area contributed by atoms with Crippen LogP contribution < -0.4 is 10.2 Å². The molecule has 0 amide bonds. The van der Waals surface area contributed by atoms with Gasteiger partial charge < -0.3 is 15.0 Å². The van der Waals surface area contributed by atoms with E-state index in [1.807, 2.05) is 23.5 Å². The Kier molecular flexibility index (Phi) is 5.44. The monoisotopic (exact) mass is 413 g/mol. The molecule has 3 heterocycles. The number of hydrogen-bond acceptors (Lipinski definition) is 5. The van der Waals surface area contributed by atoms with Crippen molar-refractivity contribution in [3.05, 3.63) is 51.9 Å². The first kappa shape index (κ1) is 18.9. The number of aromatic nitrogens is 2. The van der Waals surface area contributed by atoms with Crippen molar-refractivity contribution in [2.45, 2.75) is 32.2 Å². The zero-order valence-electron chi connectivity index (χ0n) is 16.5. The summed E-state index contributed by atoms with van der Waals surface area (Å²) in [6.45, 7) is 5.08. The minimum Gasteiger partial charge on any atom is -0.370 e. The highest BCUT2D eigenvalue weighted by Crippen LogP contribution is 2.39. The van der Waals surface area contributed by atoms with Crippen LogP contribution in [0.3, 0.4) is 0 Å². The molecule has 2 aliphatic rings. The number of hydrogen-bond donors (Lipinski definition) is 2. The highest BCUT2D eigenvalue weighted by molar-refractivity contribution is 7.19. The fourth-order valence-corrected chi connectivity index (χ4v) is 5.60. The van der Waals surface area contributed by atoms with E-state index in [0.29, 0.717) is 13.0 Å². The molecule has 2 aromatic heterocycles. The molecule has 1 saturated heterocycles. The number of fused-ring (bicyclic) bond motifs is 3. The van der Waals surface area contributed by atoms with E-state index >= 15 is 0 Å². The van der Waals surface area contributed by atoms with Crippen molar-refractivity contribution in [2.24, 2.45) is 0 Å². The van der Waals surface area contributed by atoms with Gasteiger partial charge in [0, 0.05) is 11.4 Å². The molecule has 7 heteroatoms. The lowest BCUT2D eigenvalue weighted by Gasteiger charge is -2.23. The Labute approximate surface area is 173 Å². The minimum atomic E-state index is -0.143. The molecule has 0 radical (unpaired) electrons. The molecule has 0 unspecified atom stereocenters. The molecule has 0 bridgehead atoms. The number of anilines is 1. The van der Waals surface area contributed by atoms with Gasteiger partial charge in [-0.15, -0.1) is 11.3 Å². The average molecular weight is 414 g/mol. The molecule has 2 N–H and O–H groups in total. The highest BCUT2D eigenvalue weighted by atomic mass is 32.1. The second-order valence-electron chi connectivity index (χ2n) is 7.83. The Hall–Kier alpha value is -2.09. The molecule has 1 aliphatic heterocycles. The van der Waals surface area contributed by atoms with Crippen LogP contribution in [0.15, 0.2) is 24.3 Å². The summed E-state index contributed by atoms with van der Waals surface area (Å²) in [6, 6.07) is 6.99. The van der Waals surface area contributed by atoms with Crippen LogP contribution in [0, 0.1) is 5.82 Å². The standard InChI is InChI=1S/C22H25FN4OS/c23-17-6-2-1-4-15(17)8-9-24-21-20-16-5-3-7-18(16)29-22(20)26-19(25-21)14-27-10-12-28-13-11-27/h1-2,4,6H,3,5,7-14H2,(H,24,25,26)/p+1. The van der Waals surface area contributed by atoms with Crippen molar-refractivity contribution in [3.63, 3.8) is 0 Å². The molecule has 1 fully saturated rings. The van der Waals surface area contributed by atoms with Crippen molar-refractivity contribution in [1.82, 2.24) is 9.97 Å². The van der Waals surface area contributed by atoms with E-state index in [1.165, 1.54) is 33.2 Å². The Morgan fingerprint density at radius 1 is 1.14 bits per heavy atom.